The van der Waals surface area contributed by atoms with Gasteiger partial charge in [-0.3, -0.25) is 0 Å². The molecular formula is C11H16FNO. The second kappa shape index (κ2) is 4.53. The molecule has 0 saturated heterocycles. The Morgan fingerprint density at radius 3 is 2.79 bits per heavy atom. The zero-order valence-electron chi connectivity index (χ0n) is 8.33. The summed E-state index contributed by atoms with van der Waals surface area (Å²) in [5.41, 5.74) is 6.22. The highest BCUT2D eigenvalue weighted by atomic mass is 19.1. The van der Waals surface area contributed by atoms with Crippen LogP contribution in [-0.4, -0.2) is 11.7 Å². The topological polar surface area (TPSA) is 46.2 Å². The van der Waals surface area contributed by atoms with E-state index in [0.29, 0.717) is 12.8 Å². The number of aliphatic hydroxyl groups is 1. The van der Waals surface area contributed by atoms with Crippen LogP contribution in [0.15, 0.2) is 24.3 Å². The highest BCUT2D eigenvalue weighted by Crippen LogP contribution is 2.23. The van der Waals surface area contributed by atoms with E-state index >= 15 is 0 Å². The minimum absolute atomic E-state index is 0.113. The van der Waals surface area contributed by atoms with Crippen LogP contribution < -0.4 is 5.73 Å². The summed E-state index contributed by atoms with van der Waals surface area (Å²) >= 11 is 0. The summed E-state index contributed by atoms with van der Waals surface area (Å²) in [4.78, 5) is 0. The summed E-state index contributed by atoms with van der Waals surface area (Å²) in [6.07, 6.45) is 1.27. The number of nitrogens with two attached hydrogens (primary N) is 1. The lowest BCUT2D eigenvalue weighted by atomic mass is 9.88. The molecule has 0 amide bonds. The Morgan fingerprint density at radius 1 is 1.50 bits per heavy atom. The molecule has 0 spiro atoms. The molecule has 1 atom stereocenters. The maximum atomic E-state index is 12.9. The van der Waals surface area contributed by atoms with Crippen LogP contribution in [0.4, 0.5) is 4.39 Å². The highest BCUT2D eigenvalue weighted by Gasteiger charge is 2.20. The largest absolute Gasteiger partial charge is 0.396 e. The second-order valence-electron chi connectivity index (χ2n) is 3.75. The van der Waals surface area contributed by atoms with Gasteiger partial charge in [0.15, 0.2) is 0 Å². The molecule has 14 heavy (non-hydrogen) atoms. The maximum Gasteiger partial charge on any atom is 0.123 e. The van der Waals surface area contributed by atoms with E-state index in [0.717, 1.165) is 5.56 Å². The molecule has 0 aliphatic carbocycles. The molecule has 1 aromatic rings. The summed E-state index contributed by atoms with van der Waals surface area (Å²) in [5.74, 6) is -0.275. The van der Waals surface area contributed by atoms with E-state index < -0.39 is 5.54 Å². The number of rotatable bonds is 4. The fourth-order valence-electron chi connectivity index (χ4n) is 1.43. The molecule has 0 radical (unpaired) electrons. The molecule has 2 nitrogen and oxygen atoms in total. The summed E-state index contributed by atoms with van der Waals surface area (Å²) in [6, 6.07) is 6.29. The monoisotopic (exact) mass is 197 g/mol. The zero-order chi connectivity index (χ0) is 10.6. The first kappa shape index (κ1) is 11.1. The first-order valence-electron chi connectivity index (χ1n) is 4.72. The van der Waals surface area contributed by atoms with Crippen LogP contribution in [0, 0.1) is 5.82 Å². The van der Waals surface area contributed by atoms with Crippen molar-refractivity contribution in [1.82, 2.24) is 0 Å². The van der Waals surface area contributed by atoms with Gasteiger partial charge in [0, 0.05) is 12.1 Å². The molecule has 3 N–H and O–H groups in total. The van der Waals surface area contributed by atoms with Crippen molar-refractivity contribution in [2.24, 2.45) is 5.73 Å². The number of hydrogen-bond acceptors (Lipinski definition) is 2. The van der Waals surface area contributed by atoms with Crippen LogP contribution in [-0.2, 0) is 5.54 Å². The van der Waals surface area contributed by atoms with Gasteiger partial charge in [0.2, 0.25) is 0 Å². The van der Waals surface area contributed by atoms with Gasteiger partial charge in [-0.25, -0.2) is 4.39 Å². The second-order valence-corrected chi connectivity index (χ2v) is 3.75. The zero-order valence-corrected chi connectivity index (χ0v) is 8.33. The van der Waals surface area contributed by atoms with Crippen molar-refractivity contribution in [2.45, 2.75) is 25.3 Å². The van der Waals surface area contributed by atoms with Gasteiger partial charge in [0.25, 0.3) is 0 Å². The van der Waals surface area contributed by atoms with Gasteiger partial charge in [-0.05, 0) is 37.5 Å². The van der Waals surface area contributed by atoms with Crippen molar-refractivity contribution in [1.29, 1.82) is 0 Å². The average molecular weight is 197 g/mol. The number of aliphatic hydroxyl groups excluding tert-OH is 1. The first-order valence-corrected chi connectivity index (χ1v) is 4.72. The molecule has 0 aliphatic rings. The minimum atomic E-state index is -0.565. The van der Waals surface area contributed by atoms with E-state index in [9.17, 15) is 4.39 Å². The molecule has 0 aromatic heterocycles. The van der Waals surface area contributed by atoms with Gasteiger partial charge in [0.1, 0.15) is 5.82 Å². The van der Waals surface area contributed by atoms with Crippen LogP contribution in [0.2, 0.25) is 0 Å². The van der Waals surface area contributed by atoms with Gasteiger partial charge < -0.3 is 10.8 Å². The Labute approximate surface area is 83.6 Å². The van der Waals surface area contributed by atoms with Crippen molar-refractivity contribution in [3.63, 3.8) is 0 Å². The number of benzene rings is 1. The lowest BCUT2D eigenvalue weighted by Gasteiger charge is -2.24. The molecule has 78 valence electrons. The normalized spacial score (nSPS) is 15.1. The molecule has 1 unspecified atom stereocenters. The summed E-state index contributed by atoms with van der Waals surface area (Å²) in [5, 5.41) is 8.70. The molecule has 0 heterocycles. The fourth-order valence-corrected chi connectivity index (χ4v) is 1.43. The Morgan fingerprint density at radius 2 is 2.21 bits per heavy atom. The van der Waals surface area contributed by atoms with E-state index in [1.807, 2.05) is 6.92 Å². The van der Waals surface area contributed by atoms with E-state index in [1.54, 1.807) is 12.1 Å². The predicted molar refractivity (Wildman–Crippen MR) is 54.3 cm³/mol. The lowest BCUT2D eigenvalue weighted by molar-refractivity contribution is 0.265. The van der Waals surface area contributed by atoms with Crippen molar-refractivity contribution < 1.29 is 9.50 Å². The third-order valence-electron chi connectivity index (χ3n) is 2.34. The van der Waals surface area contributed by atoms with Crippen LogP contribution in [0.1, 0.15) is 25.3 Å². The predicted octanol–water partition coefficient (Wildman–Crippen LogP) is 1.77. The summed E-state index contributed by atoms with van der Waals surface area (Å²) in [6.45, 7) is 1.96. The Kier molecular flexibility index (Phi) is 3.61. The highest BCUT2D eigenvalue weighted by molar-refractivity contribution is 5.23. The fraction of sp³-hybridized carbons (Fsp3) is 0.455. The quantitative estimate of drug-likeness (QED) is 0.772. The summed E-state index contributed by atoms with van der Waals surface area (Å²) < 4.78 is 12.9. The van der Waals surface area contributed by atoms with Crippen LogP contribution in [0.5, 0.6) is 0 Å². The molecule has 0 saturated carbocycles. The van der Waals surface area contributed by atoms with Crippen LogP contribution >= 0.6 is 0 Å². The van der Waals surface area contributed by atoms with Crippen molar-refractivity contribution in [2.75, 3.05) is 6.61 Å². The van der Waals surface area contributed by atoms with E-state index in [1.165, 1.54) is 12.1 Å². The lowest BCUT2D eigenvalue weighted by Crippen LogP contribution is -2.33. The van der Waals surface area contributed by atoms with Gasteiger partial charge in [-0.2, -0.15) is 0 Å². The van der Waals surface area contributed by atoms with E-state index in [-0.39, 0.29) is 12.4 Å². The van der Waals surface area contributed by atoms with E-state index in [2.05, 4.69) is 0 Å². The molecular weight excluding hydrogens is 181 g/mol. The standard InChI is InChI=1S/C11H16FNO/c1-11(13,6-3-7-14)9-4-2-5-10(12)8-9/h2,4-5,8,14H,3,6-7,13H2,1H3. The molecule has 3 heteroatoms. The maximum absolute atomic E-state index is 12.9. The smallest absolute Gasteiger partial charge is 0.123 e. The molecule has 0 bridgehead atoms. The first-order chi connectivity index (χ1) is 6.56. The van der Waals surface area contributed by atoms with Gasteiger partial charge in [0.05, 0.1) is 0 Å². The van der Waals surface area contributed by atoms with Gasteiger partial charge >= 0.3 is 0 Å². The average Bonchev–Trinajstić information content (AvgIpc) is 2.15. The van der Waals surface area contributed by atoms with Crippen molar-refractivity contribution >= 4 is 0 Å². The molecule has 1 aromatic carbocycles. The minimum Gasteiger partial charge on any atom is -0.396 e. The van der Waals surface area contributed by atoms with Gasteiger partial charge in [-0.1, -0.05) is 12.1 Å². The summed E-state index contributed by atoms with van der Waals surface area (Å²) in [7, 11) is 0. The van der Waals surface area contributed by atoms with Crippen LogP contribution in [0.25, 0.3) is 0 Å². The number of halogens is 1. The number of hydrogen-bond donors (Lipinski definition) is 2. The molecule has 0 fully saturated rings. The Bertz CT molecular complexity index is 299. The third-order valence-corrected chi connectivity index (χ3v) is 2.34. The van der Waals surface area contributed by atoms with Crippen molar-refractivity contribution in [3.8, 4) is 0 Å². The Balaban J connectivity index is 2.80. The van der Waals surface area contributed by atoms with Gasteiger partial charge in [-0.15, -0.1) is 0 Å². The Hall–Kier alpha value is -0.930. The van der Waals surface area contributed by atoms with Crippen molar-refractivity contribution in [3.05, 3.63) is 35.6 Å². The molecule has 0 aliphatic heterocycles. The third kappa shape index (κ3) is 2.79. The van der Waals surface area contributed by atoms with E-state index in [4.69, 9.17) is 10.8 Å². The molecule has 1 rings (SSSR count). The van der Waals surface area contributed by atoms with Crippen LogP contribution in [0.3, 0.4) is 0 Å². The SMILES string of the molecule is CC(N)(CCCO)c1cccc(F)c1.